The normalized spacial score (nSPS) is 10.2. The van der Waals surface area contributed by atoms with Gasteiger partial charge >= 0.3 is 5.97 Å². The molecule has 0 saturated carbocycles. The van der Waals surface area contributed by atoms with Gasteiger partial charge in [-0.05, 0) is 13.8 Å². The number of thioether (sulfide) groups is 1. The molecule has 0 aromatic carbocycles. The van der Waals surface area contributed by atoms with Crippen molar-refractivity contribution in [1.29, 1.82) is 0 Å². The van der Waals surface area contributed by atoms with Gasteiger partial charge < -0.3 is 10.1 Å². The lowest BCUT2D eigenvalue weighted by atomic mass is 10.2. The molecule has 0 atom stereocenters. The van der Waals surface area contributed by atoms with Gasteiger partial charge in [0.25, 0.3) is 5.56 Å². The Kier molecular flexibility index (Phi) is 4.51. The van der Waals surface area contributed by atoms with Crippen molar-refractivity contribution in [2.45, 2.75) is 25.4 Å². The second-order valence-electron chi connectivity index (χ2n) is 3.75. The predicted molar refractivity (Wildman–Crippen MR) is 66.5 cm³/mol. The van der Waals surface area contributed by atoms with Gasteiger partial charge in [-0.3, -0.25) is 9.59 Å². The first-order valence-electron chi connectivity index (χ1n) is 4.99. The molecule has 5 nitrogen and oxygen atoms in total. The van der Waals surface area contributed by atoms with Gasteiger partial charge in [0, 0.05) is 17.0 Å². The van der Waals surface area contributed by atoms with Crippen LogP contribution < -0.4 is 5.56 Å². The van der Waals surface area contributed by atoms with Crippen LogP contribution in [0.1, 0.15) is 18.2 Å². The van der Waals surface area contributed by atoms with Gasteiger partial charge in [0.15, 0.2) is 5.16 Å². The minimum absolute atomic E-state index is 0.206. The Morgan fingerprint density at radius 3 is 2.71 bits per heavy atom. The van der Waals surface area contributed by atoms with Crippen molar-refractivity contribution in [3.05, 3.63) is 33.8 Å². The van der Waals surface area contributed by atoms with Gasteiger partial charge in [-0.15, -0.1) is 0 Å². The number of nitrogens with zero attached hydrogens (tertiary/aromatic N) is 1. The van der Waals surface area contributed by atoms with E-state index in [0.29, 0.717) is 16.6 Å². The van der Waals surface area contributed by atoms with E-state index in [2.05, 4.69) is 16.5 Å². The molecule has 0 aliphatic heterocycles. The Morgan fingerprint density at radius 2 is 2.24 bits per heavy atom. The number of aromatic amines is 1. The quantitative estimate of drug-likeness (QED) is 0.471. The van der Waals surface area contributed by atoms with Crippen LogP contribution in [-0.2, 0) is 11.2 Å². The topological polar surface area (TPSA) is 83.0 Å². The Morgan fingerprint density at radius 1 is 1.59 bits per heavy atom. The van der Waals surface area contributed by atoms with Crippen LogP contribution in [0.3, 0.4) is 0 Å². The zero-order valence-electron chi connectivity index (χ0n) is 9.74. The van der Waals surface area contributed by atoms with Crippen LogP contribution in [0.15, 0.2) is 22.1 Å². The Bertz CT molecular complexity index is 508. The number of hydrogen-bond acceptors (Lipinski definition) is 4. The largest absolute Gasteiger partial charge is 0.481 e. The summed E-state index contributed by atoms with van der Waals surface area (Å²) in [5.74, 6) is -0.372. The summed E-state index contributed by atoms with van der Waals surface area (Å²) in [5.41, 5.74) is 1.26. The third-order valence-corrected chi connectivity index (χ3v) is 3.09. The minimum atomic E-state index is -1.04. The molecule has 0 saturated heterocycles. The molecule has 0 amide bonds. The van der Waals surface area contributed by atoms with Gasteiger partial charge in [0.2, 0.25) is 0 Å². The molecule has 1 aromatic heterocycles. The van der Waals surface area contributed by atoms with Crippen LogP contribution in [0.4, 0.5) is 0 Å². The molecule has 0 bridgehead atoms. The molecular formula is C11H14N2O3S. The first kappa shape index (κ1) is 13.5. The zero-order chi connectivity index (χ0) is 13.0. The first-order chi connectivity index (χ1) is 7.90. The summed E-state index contributed by atoms with van der Waals surface area (Å²) in [7, 11) is 0. The van der Waals surface area contributed by atoms with Crippen LogP contribution in [0.5, 0.6) is 0 Å². The van der Waals surface area contributed by atoms with E-state index in [9.17, 15) is 9.59 Å². The molecule has 0 spiro atoms. The summed E-state index contributed by atoms with van der Waals surface area (Å²) in [5, 5.41) is 9.15. The maximum atomic E-state index is 11.6. The fourth-order valence-corrected chi connectivity index (χ4v) is 1.95. The number of carbonyl (C=O) groups is 1. The standard InChI is InChI=1S/C11H14N2O3S/c1-6(2)5-17-11-12-7(3)8(4-9(14)15)10(16)13-11/h1,4-5H2,2-3H3,(H,14,15)(H,12,13,16). The maximum Gasteiger partial charge on any atom is 0.308 e. The van der Waals surface area contributed by atoms with Crippen molar-refractivity contribution < 1.29 is 9.90 Å². The number of hydrogen-bond donors (Lipinski definition) is 2. The van der Waals surface area contributed by atoms with E-state index in [4.69, 9.17) is 5.11 Å². The summed E-state index contributed by atoms with van der Waals surface area (Å²) >= 11 is 1.37. The fourth-order valence-electron chi connectivity index (χ4n) is 1.20. The van der Waals surface area contributed by atoms with Gasteiger partial charge in [-0.2, -0.15) is 0 Å². The zero-order valence-corrected chi connectivity index (χ0v) is 10.6. The second kappa shape index (κ2) is 5.67. The lowest BCUT2D eigenvalue weighted by Gasteiger charge is -2.05. The smallest absolute Gasteiger partial charge is 0.308 e. The highest BCUT2D eigenvalue weighted by Crippen LogP contribution is 2.15. The highest BCUT2D eigenvalue weighted by Gasteiger charge is 2.11. The molecule has 17 heavy (non-hydrogen) atoms. The van der Waals surface area contributed by atoms with Crippen molar-refractivity contribution >= 4 is 17.7 Å². The van der Waals surface area contributed by atoms with Crippen LogP contribution in [0.25, 0.3) is 0 Å². The fraction of sp³-hybridized carbons (Fsp3) is 0.364. The molecular weight excluding hydrogens is 240 g/mol. The van der Waals surface area contributed by atoms with E-state index < -0.39 is 5.97 Å². The lowest BCUT2D eigenvalue weighted by Crippen LogP contribution is -2.20. The number of aromatic nitrogens is 2. The van der Waals surface area contributed by atoms with Crippen molar-refractivity contribution in [3.63, 3.8) is 0 Å². The van der Waals surface area contributed by atoms with Crippen LogP contribution in [-0.4, -0.2) is 26.8 Å². The average molecular weight is 254 g/mol. The minimum Gasteiger partial charge on any atom is -0.481 e. The van der Waals surface area contributed by atoms with E-state index in [1.165, 1.54) is 11.8 Å². The van der Waals surface area contributed by atoms with Gasteiger partial charge in [0.1, 0.15) is 0 Å². The molecule has 1 aromatic rings. The molecule has 1 heterocycles. The van der Waals surface area contributed by atoms with Crippen molar-refractivity contribution in [2.24, 2.45) is 0 Å². The van der Waals surface area contributed by atoms with Crippen LogP contribution in [0.2, 0.25) is 0 Å². The van der Waals surface area contributed by atoms with E-state index in [-0.39, 0.29) is 17.5 Å². The third-order valence-electron chi connectivity index (χ3n) is 1.98. The molecule has 2 N–H and O–H groups in total. The SMILES string of the molecule is C=C(C)CSc1nc(C)c(CC(=O)O)c(=O)[nH]1. The Balaban J connectivity index is 2.97. The lowest BCUT2D eigenvalue weighted by molar-refractivity contribution is -0.136. The van der Waals surface area contributed by atoms with E-state index in [0.717, 1.165) is 5.57 Å². The van der Waals surface area contributed by atoms with Gasteiger partial charge in [0.05, 0.1) is 6.42 Å². The molecule has 0 aliphatic carbocycles. The highest BCUT2D eigenvalue weighted by molar-refractivity contribution is 7.99. The predicted octanol–water partition coefficient (Wildman–Crippen LogP) is 1.37. The number of H-pyrrole nitrogens is 1. The van der Waals surface area contributed by atoms with Crippen molar-refractivity contribution in [1.82, 2.24) is 9.97 Å². The van der Waals surface area contributed by atoms with Crippen LogP contribution in [0, 0.1) is 6.92 Å². The monoisotopic (exact) mass is 254 g/mol. The molecule has 0 aliphatic rings. The van der Waals surface area contributed by atoms with Crippen molar-refractivity contribution in [2.75, 3.05) is 5.75 Å². The number of carboxylic acids is 1. The first-order valence-corrected chi connectivity index (χ1v) is 5.97. The highest BCUT2D eigenvalue weighted by atomic mass is 32.2. The summed E-state index contributed by atoms with van der Waals surface area (Å²) in [6, 6.07) is 0. The van der Waals surface area contributed by atoms with E-state index in [1.54, 1.807) is 6.92 Å². The number of aliphatic carboxylic acids is 1. The summed E-state index contributed by atoms with van der Waals surface area (Å²) in [4.78, 5) is 29.0. The van der Waals surface area contributed by atoms with Crippen LogP contribution >= 0.6 is 11.8 Å². The molecule has 1 rings (SSSR count). The number of carboxylic acid groups (broad SMARTS) is 1. The van der Waals surface area contributed by atoms with E-state index in [1.807, 2.05) is 6.92 Å². The van der Waals surface area contributed by atoms with Crippen molar-refractivity contribution in [3.8, 4) is 0 Å². The van der Waals surface area contributed by atoms with Gasteiger partial charge in [-0.25, -0.2) is 4.98 Å². The third kappa shape index (κ3) is 4.07. The summed E-state index contributed by atoms with van der Waals surface area (Å²) in [6.45, 7) is 7.28. The average Bonchev–Trinajstić information content (AvgIpc) is 2.20. The molecule has 0 radical (unpaired) electrons. The number of nitrogens with one attached hydrogen (secondary N) is 1. The molecule has 0 unspecified atom stereocenters. The molecule has 6 heteroatoms. The molecule has 0 fully saturated rings. The van der Waals surface area contributed by atoms with Gasteiger partial charge in [-0.1, -0.05) is 23.9 Å². The summed E-state index contributed by atoms with van der Waals surface area (Å²) in [6.07, 6.45) is -0.306. The summed E-state index contributed by atoms with van der Waals surface area (Å²) < 4.78 is 0. The Labute approximate surface area is 103 Å². The number of rotatable bonds is 5. The molecule has 92 valence electrons. The second-order valence-corrected chi connectivity index (χ2v) is 4.72. The number of aryl methyl sites for hydroxylation is 1. The maximum absolute atomic E-state index is 11.6. The Hall–Kier alpha value is -1.56. The van der Waals surface area contributed by atoms with E-state index >= 15 is 0 Å².